The molecule has 2 N–H and O–H groups in total. The van der Waals surface area contributed by atoms with E-state index in [9.17, 15) is 0 Å². The van der Waals surface area contributed by atoms with Gasteiger partial charge in [-0.05, 0) is 45.1 Å². The lowest BCUT2D eigenvalue weighted by molar-refractivity contribution is 0.706. The maximum atomic E-state index is 5.91. The maximum absolute atomic E-state index is 5.91. The molecule has 1 heterocycles. The van der Waals surface area contributed by atoms with E-state index in [1.807, 2.05) is 13.8 Å². The van der Waals surface area contributed by atoms with Gasteiger partial charge in [0.15, 0.2) is 0 Å². The zero-order valence-electron chi connectivity index (χ0n) is 12.1. The molecule has 0 bridgehead atoms. The molecule has 1 aromatic heterocycles. The Hall–Kier alpha value is -1.16. The Morgan fingerprint density at radius 1 is 1.47 bits per heavy atom. The summed E-state index contributed by atoms with van der Waals surface area (Å²) in [5, 5.41) is 0. The fourth-order valence-electron chi connectivity index (χ4n) is 2.55. The number of hydrogen-bond acceptors (Lipinski definition) is 3. The fraction of sp³-hybridized carbons (Fsp3) is 0.600. The van der Waals surface area contributed by atoms with Gasteiger partial charge in [-0.2, -0.15) is 0 Å². The lowest BCUT2D eigenvalue weighted by atomic mass is 10.1. The van der Waals surface area contributed by atoms with Crippen LogP contribution in [0.15, 0.2) is 6.07 Å². The molecule has 0 atom stereocenters. The summed E-state index contributed by atoms with van der Waals surface area (Å²) >= 11 is 5.22. The first-order valence-corrected chi connectivity index (χ1v) is 7.46. The van der Waals surface area contributed by atoms with Crippen LogP contribution >= 0.6 is 12.2 Å². The van der Waals surface area contributed by atoms with E-state index in [-0.39, 0.29) is 0 Å². The number of rotatable bonds is 6. The molecule has 1 fully saturated rings. The highest BCUT2D eigenvalue weighted by molar-refractivity contribution is 7.80. The van der Waals surface area contributed by atoms with Crippen LogP contribution < -0.4 is 10.6 Å². The molecule has 0 saturated heterocycles. The molecule has 4 heteroatoms. The van der Waals surface area contributed by atoms with Crippen LogP contribution in [-0.2, 0) is 0 Å². The van der Waals surface area contributed by atoms with Crippen molar-refractivity contribution in [1.29, 1.82) is 0 Å². The second kappa shape index (κ2) is 5.87. The summed E-state index contributed by atoms with van der Waals surface area (Å²) in [6, 6.07) is 2.12. The van der Waals surface area contributed by atoms with Crippen LogP contribution in [0.2, 0.25) is 0 Å². The molecule has 0 radical (unpaired) electrons. The SMILES string of the molecule is CCCN(CC1CC1)c1cc(C)nc(C)c1C(N)=S. The number of aryl methyl sites for hydroxylation is 2. The third-order valence-electron chi connectivity index (χ3n) is 3.56. The third-order valence-corrected chi connectivity index (χ3v) is 3.77. The normalized spacial score (nSPS) is 14.5. The molecule has 104 valence electrons. The number of pyridine rings is 1. The van der Waals surface area contributed by atoms with Gasteiger partial charge in [-0.3, -0.25) is 4.98 Å². The van der Waals surface area contributed by atoms with Crippen LogP contribution in [0.25, 0.3) is 0 Å². The Bertz CT molecular complexity index is 481. The number of nitrogens with zero attached hydrogens (tertiary/aromatic N) is 2. The van der Waals surface area contributed by atoms with E-state index < -0.39 is 0 Å². The molecule has 0 amide bonds. The predicted octanol–water partition coefficient (Wildman–Crippen LogP) is 2.96. The fourth-order valence-corrected chi connectivity index (χ4v) is 2.81. The first-order valence-electron chi connectivity index (χ1n) is 7.06. The van der Waals surface area contributed by atoms with Gasteiger partial charge in [0.2, 0.25) is 0 Å². The summed E-state index contributed by atoms with van der Waals surface area (Å²) in [7, 11) is 0. The molecule has 19 heavy (non-hydrogen) atoms. The van der Waals surface area contributed by atoms with Gasteiger partial charge in [0.1, 0.15) is 4.99 Å². The highest BCUT2D eigenvalue weighted by Gasteiger charge is 2.26. The Morgan fingerprint density at radius 2 is 2.16 bits per heavy atom. The Kier molecular flexibility index (Phi) is 4.40. The van der Waals surface area contributed by atoms with Gasteiger partial charge in [-0.25, -0.2) is 0 Å². The Morgan fingerprint density at radius 3 is 2.68 bits per heavy atom. The number of hydrogen-bond donors (Lipinski definition) is 1. The Balaban J connectivity index is 2.40. The van der Waals surface area contributed by atoms with Crippen LogP contribution in [0.3, 0.4) is 0 Å². The zero-order chi connectivity index (χ0) is 14.0. The molecule has 0 aromatic carbocycles. The van der Waals surface area contributed by atoms with Crippen molar-refractivity contribution in [1.82, 2.24) is 4.98 Å². The van der Waals surface area contributed by atoms with Crippen LogP contribution in [0.1, 0.15) is 43.1 Å². The first kappa shape index (κ1) is 14.3. The lowest BCUT2D eigenvalue weighted by Gasteiger charge is -2.27. The van der Waals surface area contributed by atoms with Gasteiger partial charge >= 0.3 is 0 Å². The molecule has 2 rings (SSSR count). The van der Waals surface area contributed by atoms with Crippen molar-refractivity contribution in [3.63, 3.8) is 0 Å². The number of aromatic nitrogens is 1. The van der Waals surface area contributed by atoms with E-state index in [2.05, 4.69) is 22.9 Å². The average Bonchev–Trinajstić information content (AvgIpc) is 3.10. The summed E-state index contributed by atoms with van der Waals surface area (Å²) < 4.78 is 0. The minimum Gasteiger partial charge on any atom is -0.389 e. The molecular weight excluding hydrogens is 254 g/mol. The smallest absolute Gasteiger partial charge is 0.107 e. The van der Waals surface area contributed by atoms with E-state index >= 15 is 0 Å². The molecule has 3 nitrogen and oxygen atoms in total. The van der Waals surface area contributed by atoms with Crippen LogP contribution in [0.4, 0.5) is 5.69 Å². The number of anilines is 1. The predicted molar refractivity (Wildman–Crippen MR) is 84.8 cm³/mol. The van der Waals surface area contributed by atoms with Crippen molar-refractivity contribution in [2.24, 2.45) is 11.7 Å². The number of thiocarbonyl (C=S) groups is 1. The monoisotopic (exact) mass is 277 g/mol. The summed E-state index contributed by atoms with van der Waals surface area (Å²) in [5.74, 6) is 0.847. The van der Waals surface area contributed by atoms with Crippen LogP contribution in [0, 0.1) is 19.8 Å². The molecule has 1 aliphatic rings. The van der Waals surface area contributed by atoms with E-state index in [1.165, 1.54) is 18.5 Å². The minimum absolute atomic E-state index is 0.455. The topological polar surface area (TPSA) is 42.2 Å². The molecule has 1 aliphatic carbocycles. The second-order valence-corrected chi connectivity index (χ2v) is 5.94. The van der Waals surface area contributed by atoms with Crippen molar-refractivity contribution in [3.05, 3.63) is 23.0 Å². The zero-order valence-corrected chi connectivity index (χ0v) is 12.9. The molecule has 0 unspecified atom stereocenters. The van der Waals surface area contributed by atoms with Crippen molar-refractivity contribution >= 4 is 22.9 Å². The quantitative estimate of drug-likeness (QED) is 0.812. The van der Waals surface area contributed by atoms with Crippen molar-refractivity contribution in [3.8, 4) is 0 Å². The van der Waals surface area contributed by atoms with Gasteiger partial charge in [-0.15, -0.1) is 0 Å². The van der Waals surface area contributed by atoms with Crippen LogP contribution in [-0.4, -0.2) is 23.1 Å². The van der Waals surface area contributed by atoms with Crippen molar-refractivity contribution in [2.45, 2.75) is 40.0 Å². The summed E-state index contributed by atoms with van der Waals surface area (Å²) in [6.07, 6.45) is 3.83. The van der Waals surface area contributed by atoms with Gasteiger partial charge < -0.3 is 10.6 Å². The number of nitrogens with two attached hydrogens (primary N) is 1. The van der Waals surface area contributed by atoms with E-state index in [1.54, 1.807) is 0 Å². The van der Waals surface area contributed by atoms with E-state index in [0.29, 0.717) is 4.99 Å². The minimum atomic E-state index is 0.455. The van der Waals surface area contributed by atoms with E-state index in [0.717, 1.165) is 42.4 Å². The van der Waals surface area contributed by atoms with Gasteiger partial charge in [-0.1, -0.05) is 19.1 Å². The van der Waals surface area contributed by atoms with E-state index in [4.69, 9.17) is 18.0 Å². The first-order chi connectivity index (χ1) is 9.02. The molecule has 0 spiro atoms. The van der Waals surface area contributed by atoms with Gasteiger partial charge in [0.05, 0.1) is 11.3 Å². The van der Waals surface area contributed by atoms with Crippen molar-refractivity contribution in [2.75, 3.05) is 18.0 Å². The highest BCUT2D eigenvalue weighted by atomic mass is 32.1. The summed E-state index contributed by atoms with van der Waals surface area (Å²) in [4.78, 5) is 7.39. The maximum Gasteiger partial charge on any atom is 0.107 e. The summed E-state index contributed by atoms with van der Waals surface area (Å²) in [5.41, 5.74) is 10.0. The summed E-state index contributed by atoms with van der Waals surface area (Å²) in [6.45, 7) is 8.40. The Labute approximate surface area is 121 Å². The standard InChI is InChI=1S/C15H23N3S/c1-4-7-18(9-12-5-6-12)13-8-10(2)17-11(3)14(13)15(16)19/h8,12H,4-7,9H2,1-3H3,(H2,16,19). The van der Waals surface area contributed by atoms with Gasteiger partial charge in [0, 0.05) is 24.5 Å². The second-order valence-electron chi connectivity index (χ2n) is 5.50. The molecule has 1 aromatic rings. The molecular formula is C15H23N3S. The van der Waals surface area contributed by atoms with Gasteiger partial charge in [0.25, 0.3) is 0 Å². The third kappa shape index (κ3) is 3.44. The van der Waals surface area contributed by atoms with Crippen LogP contribution in [0.5, 0.6) is 0 Å². The lowest BCUT2D eigenvalue weighted by Crippen LogP contribution is -2.30. The largest absolute Gasteiger partial charge is 0.389 e. The van der Waals surface area contributed by atoms with Crippen molar-refractivity contribution < 1.29 is 0 Å². The molecule has 1 saturated carbocycles. The molecule has 0 aliphatic heterocycles. The average molecular weight is 277 g/mol. The highest BCUT2D eigenvalue weighted by Crippen LogP contribution is 2.33.